The average molecular weight is 259 g/mol. The highest BCUT2D eigenvalue weighted by atomic mass is 16.5. The van der Waals surface area contributed by atoms with Crippen LogP contribution in [0, 0.1) is 0 Å². The van der Waals surface area contributed by atoms with Crippen LogP contribution in [0.5, 0.6) is 5.75 Å². The van der Waals surface area contributed by atoms with Gasteiger partial charge in [-0.15, -0.1) is 0 Å². The molecule has 3 rings (SSSR count). The third kappa shape index (κ3) is 2.73. The van der Waals surface area contributed by atoms with Crippen LogP contribution in [0.1, 0.15) is 24.8 Å². The lowest BCUT2D eigenvalue weighted by Crippen LogP contribution is -2.31. The second-order valence-corrected chi connectivity index (χ2v) is 5.24. The molecule has 1 N–H and O–H groups in total. The molecule has 1 fully saturated rings. The Morgan fingerprint density at radius 3 is 2.95 bits per heavy atom. The van der Waals surface area contributed by atoms with E-state index in [0.29, 0.717) is 0 Å². The minimum atomic E-state index is 0.825. The zero-order chi connectivity index (χ0) is 13.1. The first-order valence-corrected chi connectivity index (χ1v) is 7.09. The first-order chi connectivity index (χ1) is 9.36. The lowest BCUT2D eigenvalue weighted by molar-refractivity contribution is 0.231. The number of ether oxygens (including phenoxy) is 1. The molecule has 4 heteroatoms. The van der Waals surface area contributed by atoms with Gasteiger partial charge in [0.15, 0.2) is 0 Å². The molecule has 0 unspecified atom stereocenters. The van der Waals surface area contributed by atoms with E-state index in [0.717, 1.165) is 24.4 Å². The molecule has 0 radical (unpaired) electrons. The number of likely N-dealkylation sites (tertiary alicyclic amines) is 1. The molecule has 1 saturated heterocycles. The number of nitrogens with one attached hydrogen (secondary N) is 1. The highest BCUT2D eigenvalue weighted by Gasteiger charge is 2.12. The minimum Gasteiger partial charge on any atom is -0.495 e. The highest BCUT2D eigenvalue weighted by molar-refractivity contribution is 5.80. The summed E-state index contributed by atoms with van der Waals surface area (Å²) < 4.78 is 5.25. The first kappa shape index (κ1) is 12.5. The summed E-state index contributed by atoms with van der Waals surface area (Å²) in [5.41, 5.74) is 2.29. The summed E-state index contributed by atoms with van der Waals surface area (Å²) >= 11 is 0. The Labute approximate surface area is 113 Å². The van der Waals surface area contributed by atoms with Crippen LogP contribution < -0.4 is 4.74 Å². The van der Waals surface area contributed by atoms with Gasteiger partial charge in [-0.1, -0.05) is 6.42 Å². The molecule has 19 heavy (non-hydrogen) atoms. The fourth-order valence-corrected chi connectivity index (χ4v) is 2.82. The van der Waals surface area contributed by atoms with E-state index in [1.807, 2.05) is 0 Å². The molecule has 0 amide bonds. The topological polar surface area (TPSA) is 41.1 Å². The van der Waals surface area contributed by atoms with Gasteiger partial charge in [0, 0.05) is 18.1 Å². The molecule has 102 valence electrons. The maximum atomic E-state index is 5.25. The van der Waals surface area contributed by atoms with Crippen LogP contribution in [0.2, 0.25) is 0 Å². The number of pyridine rings is 1. The predicted octanol–water partition coefficient (Wildman–Crippen LogP) is 2.60. The molecular formula is C15H21N3O. The van der Waals surface area contributed by atoms with Crippen LogP contribution in [0.4, 0.5) is 0 Å². The van der Waals surface area contributed by atoms with E-state index >= 15 is 0 Å². The standard InChI is InChI=1S/C15H21N3O/c1-19-13-9-14-12(10-16-15(14)17-11-13)5-8-18-6-3-2-4-7-18/h9-11H,2-8H2,1H3,(H,16,17). The van der Waals surface area contributed by atoms with Crippen molar-refractivity contribution in [1.29, 1.82) is 0 Å². The van der Waals surface area contributed by atoms with Crippen molar-refractivity contribution in [3.8, 4) is 5.75 Å². The third-order valence-corrected chi connectivity index (χ3v) is 3.97. The molecule has 0 aliphatic carbocycles. The Balaban J connectivity index is 1.72. The number of H-pyrrole nitrogens is 1. The highest BCUT2D eigenvalue weighted by Crippen LogP contribution is 2.22. The van der Waals surface area contributed by atoms with Gasteiger partial charge in [-0.3, -0.25) is 0 Å². The van der Waals surface area contributed by atoms with Crippen molar-refractivity contribution in [3.63, 3.8) is 0 Å². The number of hydrogen-bond acceptors (Lipinski definition) is 3. The zero-order valence-corrected chi connectivity index (χ0v) is 11.5. The molecule has 1 aliphatic rings. The third-order valence-electron chi connectivity index (χ3n) is 3.97. The van der Waals surface area contributed by atoms with Crippen molar-refractivity contribution in [2.24, 2.45) is 0 Å². The molecule has 0 aromatic carbocycles. The number of aromatic nitrogens is 2. The van der Waals surface area contributed by atoms with Gasteiger partial charge >= 0.3 is 0 Å². The number of hydrogen-bond donors (Lipinski definition) is 1. The summed E-state index contributed by atoms with van der Waals surface area (Å²) in [6.45, 7) is 3.65. The maximum absolute atomic E-state index is 5.25. The summed E-state index contributed by atoms with van der Waals surface area (Å²) in [5, 5.41) is 1.19. The van der Waals surface area contributed by atoms with Crippen LogP contribution >= 0.6 is 0 Å². The predicted molar refractivity (Wildman–Crippen MR) is 76.6 cm³/mol. The summed E-state index contributed by atoms with van der Waals surface area (Å²) in [6, 6.07) is 2.07. The van der Waals surface area contributed by atoms with E-state index < -0.39 is 0 Å². The molecule has 4 nitrogen and oxygen atoms in total. The van der Waals surface area contributed by atoms with Crippen molar-refractivity contribution in [1.82, 2.24) is 14.9 Å². The fraction of sp³-hybridized carbons (Fsp3) is 0.533. The van der Waals surface area contributed by atoms with Crippen LogP contribution in [0.15, 0.2) is 18.5 Å². The van der Waals surface area contributed by atoms with Gasteiger partial charge in [0.05, 0.1) is 13.3 Å². The average Bonchev–Trinajstić information content (AvgIpc) is 2.88. The number of methoxy groups -OCH3 is 1. The Hall–Kier alpha value is -1.55. The maximum Gasteiger partial charge on any atom is 0.137 e. The van der Waals surface area contributed by atoms with E-state index in [1.165, 1.54) is 43.3 Å². The molecule has 0 atom stereocenters. The van der Waals surface area contributed by atoms with E-state index in [4.69, 9.17) is 4.74 Å². The Morgan fingerprint density at radius 1 is 1.32 bits per heavy atom. The van der Waals surface area contributed by atoms with Crippen molar-refractivity contribution in [2.75, 3.05) is 26.7 Å². The summed E-state index contributed by atoms with van der Waals surface area (Å²) in [7, 11) is 1.68. The summed E-state index contributed by atoms with van der Waals surface area (Å²) in [6.07, 6.45) is 9.01. The van der Waals surface area contributed by atoms with Gasteiger partial charge in [-0.25, -0.2) is 4.98 Å². The quantitative estimate of drug-likeness (QED) is 0.917. The number of rotatable bonds is 4. The number of fused-ring (bicyclic) bond motifs is 1. The van der Waals surface area contributed by atoms with Crippen molar-refractivity contribution in [2.45, 2.75) is 25.7 Å². The van der Waals surface area contributed by atoms with Gasteiger partial charge in [0.1, 0.15) is 11.4 Å². The minimum absolute atomic E-state index is 0.825. The van der Waals surface area contributed by atoms with Crippen molar-refractivity contribution < 1.29 is 4.74 Å². The Morgan fingerprint density at radius 2 is 2.16 bits per heavy atom. The summed E-state index contributed by atoms with van der Waals surface area (Å²) in [5.74, 6) is 0.825. The lowest BCUT2D eigenvalue weighted by atomic mass is 10.1. The SMILES string of the molecule is COc1cnc2[nH]cc(CCN3CCCCC3)c2c1. The number of piperidine rings is 1. The molecular weight excluding hydrogens is 238 g/mol. The Bertz CT molecular complexity index is 543. The summed E-state index contributed by atoms with van der Waals surface area (Å²) in [4.78, 5) is 10.2. The van der Waals surface area contributed by atoms with Crippen molar-refractivity contribution in [3.05, 3.63) is 24.0 Å². The van der Waals surface area contributed by atoms with Gasteiger partial charge < -0.3 is 14.6 Å². The van der Waals surface area contributed by atoms with Gasteiger partial charge in [-0.2, -0.15) is 0 Å². The molecule has 2 aromatic rings. The lowest BCUT2D eigenvalue weighted by Gasteiger charge is -2.26. The molecule has 0 saturated carbocycles. The second-order valence-electron chi connectivity index (χ2n) is 5.24. The molecule has 2 aromatic heterocycles. The molecule has 0 bridgehead atoms. The van der Waals surface area contributed by atoms with Gasteiger partial charge in [-0.05, 0) is 44.0 Å². The van der Waals surface area contributed by atoms with Crippen LogP contribution in [0.3, 0.4) is 0 Å². The molecule has 0 spiro atoms. The molecule has 1 aliphatic heterocycles. The first-order valence-electron chi connectivity index (χ1n) is 7.09. The van der Waals surface area contributed by atoms with E-state index in [1.54, 1.807) is 13.3 Å². The largest absolute Gasteiger partial charge is 0.495 e. The van der Waals surface area contributed by atoms with Gasteiger partial charge in [0.25, 0.3) is 0 Å². The number of nitrogens with zero attached hydrogens (tertiary/aromatic N) is 2. The monoisotopic (exact) mass is 259 g/mol. The van der Waals surface area contributed by atoms with Crippen LogP contribution in [0.25, 0.3) is 11.0 Å². The second kappa shape index (κ2) is 5.61. The zero-order valence-electron chi connectivity index (χ0n) is 11.5. The Kier molecular flexibility index (Phi) is 3.69. The van der Waals surface area contributed by atoms with E-state index in [2.05, 4.69) is 27.1 Å². The van der Waals surface area contributed by atoms with E-state index in [9.17, 15) is 0 Å². The van der Waals surface area contributed by atoms with Crippen LogP contribution in [-0.4, -0.2) is 41.6 Å². The van der Waals surface area contributed by atoms with E-state index in [-0.39, 0.29) is 0 Å². The normalized spacial score (nSPS) is 16.9. The molecule has 3 heterocycles. The van der Waals surface area contributed by atoms with Gasteiger partial charge in [0.2, 0.25) is 0 Å². The van der Waals surface area contributed by atoms with Crippen LogP contribution in [-0.2, 0) is 6.42 Å². The van der Waals surface area contributed by atoms with Crippen molar-refractivity contribution >= 4 is 11.0 Å². The number of aromatic amines is 1. The smallest absolute Gasteiger partial charge is 0.137 e. The fourth-order valence-electron chi connectivity index (χ4n) is 2.82.